The van der Waals surface area contributed by atoms with Crippen molar-refractivity contribution >= 4 is 0 Å². The summed E-state index contributed by atoms with van der Waals surface area (Å²) in [6.07, 6.45) is 1.07. The molecule has 0 heterocycles. The van der Waals surface area contributed by atoms with Crippen LogP contribution in [0.4, 0.5) is 0 Å². The normalized spacial score (nSPS) is 14.3. The van der Waals surface area contributed by atoms with Gasteiger partial charge in [0, 0.05) is 0 Å². The maximum atomic E-state index is 4.28. The highest BCUT2D eigenvalue weighted by molar-refractivity contribution is 5.17. The quantitative estimate of drug-likeness (QED) is 0.542. The van der Waals surface area contributed by atoms with E-state index in [4.69, 9.17) is 0 Å². The molecule has 0 aromatic heterocycles. The van der Waals surface area contributed by atoms with Crippen molar-refractivity contribution in [1.29, 1.82) is 0 Å². The van der Waals surface area contributed by atoms with Crippen molar-refractivity contribution in [2.75, 3.05) is 0 Å². The van der Waals surface area contributed by atoms with Crippen LogP contribution >= 0.6 is 0 Å². The second kappa shape index (κ2) is 3.72. The van der Waals surface area contributed by atoms with Crippen molar-refractivity contribution in [3.63, 3.8) is 0 Å². The summed E-state index contributed by atoms with van der Waals surface area (Å²) in [5.41, 5.74) is 2.09. The van der Waals surface area contributed by atoms with Crippen LogP contribution in [0.5, 0.6) is 0 Å². The van der Waals surface area contributed by atoms with Gasteiger partial charge in [-0.05, 0) is 22.7 Å². The zero-order chi connectivity index (χ0) is 11.8. The van der Waals surface area contributed by atoms with Crippen molar-refractivity contribution in [3.8, 4) is 0 Å². The number of rotatable bonds is 2. The van der Waals surface area contributed by atoms with E-state index in [1.807, 2.05) is 0 Å². The lowest BCUT2D eigenvalue weighted by atomic mass is 9.52. The molecule has 0 nitrogen and oxygen atoms in total. The zero-order valence-corrected chi connectivity index (χ0v) is 11.4. The molecule has 0 saturated carbocycles. The van der Waals surface area contributed by atoms with Crippen LogP contribution in [0.1, 0.15) is 61.8 Å². The van der Waals surface area contributed by atoms with Crippen LogP contribution in [0, 0.1) is 16.2 Å². The van der Waals surface area contributed by atoms with Crippen LogP contribution in [-0.2, 0) is 0 Å². The van der Waals surface area contributed by atoms with Crippen LogP contribution in [-0.4, -0.2) is 0 Å². The van der Waals surface area contributed by atoms with Crippen molar-refractivity contribution in [1.82, 2.24) is 0 Å². The molecule has 0 aliphatic heterocycles. The molecule has 0 radical (unpaired) electrons. The first kappa shape index (κ1) is 13.7. The summed E-state index contributed by atoms with van der Waals surface area (Å²) in [7, 11) is 0. The second-order valence-electron chi connectivity index (χ2n) is 6.58. The summed E-state index contributed by atoms with van der Waals surface area (Å²) >= 11 is 0. The molecular formula is C14H28. The first-order valence-corrected chi connectivity index (χ1v) is 5.66. The molecule has 14 heavy (non-hydrogen) atoms. The molecule has 0 bridgehead atoms. The largest absolute Gasteiger partial charge is 0.0993 e. The molecular weight excluding hydrogens is 168 g/mol. The van der Waals surface area contributed by atoms with Crippen LogP contribution in [0.15, 0.2) is 12.2 Å². The minimum Gasteiger partial charge on any atom is -0.0993 e. The van der Waals surface area contributed by atoms with Crippen molar-refractivity contribution in [2.45, 2.75) is 61.8 Å². The Morgan fingerprint density at radius 2 is 1.14 bits per heavy atom. The van der Waals surface area contributed by atoms with E-state index in [0.29, 0.717) is 0 Å². The van der Waals surface area contributed by atoms with Gasteiger partial charge >= 0.3 is 0 Å². The van der Waals surface area contributed by atoms with Gasteiger partial charge in [0.25, 0.3) is 0 Å². The lowest BCUT2D eigenvalue weighted by Gasteiger charge is -2.53. The average Bonchev–Trinajstić information content (AvgIpc) is 1.97. The summed E-state index contributed by atoms with van der Waals surface area (Å²) in [6, 6.07) is 0. The standard InChI is InChI=1S/C14H28/c1-10-11(2)14(9,12(3,4)5)13(6,7)8/h2,10H2,1,3-9H3. The lowest BCUT2D eigenvalue weighted by molar-refractivity contribution is 0.0221. The van der Waals surface area contributed by atoms with Crippen molar-refractivity contribution < 1.29 is 0 Å². The molecule has 0 aliphatic rings. The first-order valence-electron chi connectivity index (χ1n) is 5.66. The fraction of sp³-hybridized carbons (Fsp3) is 0.857. The van der Waals surface area contributed by atoms with Gasteiger partial charge in [0.2, 0.25) is 0 Å². The van der Waals surface area contributed by atoms with Gasteiger partial charge < -0.3 is 0 Å². The summed E-state index contributed by atoms with van der Waals surface area (Å²) in [4.78, 5) is 0. The van der Waals surface area contributed by atoms with E-state index < -0.39 is 0 Å². The van der Waals surface area contributed by atoms with Crippen LogP contribution in [0.3, 0.4) is 0 Å². The summed E-state index contributed by atoms with van der Waals surface area (Å²) in [5.74, 6) is 0. The number of allylic oxidation sites excluding steroid dienone is 1. The Morgan fingerprint density at radius 3 is 1.21 bits per heavy atom. The third-order valence-electron chi connectivity index (χ3n) is 4.13. The van der Waals surface area contributed by atoms with Crippen LogP contribution in [0.25, 0.3) is 0 Å². The molecule has 0 heteroatoms. The Balaban J connectivity index is 5.40. The molecule has 0 rings (SSSR count). The Hall–Kier alpha value is -0.260. The van der Waals surface area contributed by atoms with Crippen molar-refractivity contribution in [2.24, 2.45) is 16.2 Å². The van der Waals surface area contributed by atoms with Gasteiger partial charge in [0.1, 0.15) is 0 Å². The van der Waals surface area contributed by atoms with E-state index in [0.717, 1.165) is 6.42 Å². The third-order valence-corrected chi connectivity index (χ3v) is 4.13. The van der Waals surface area contributed by atoms with E-state index in [2.05, 4.69) is 62.0 Å². The van der Waals surface area contributed by atoms with E-state index in [9.17, 15) is 0 Å². The topological polar surface area (TPSA) is 0 Å². The minimum absolute atomic E-state index is 0.189. The van der Waals surface area contributed by atoms with Gasteiger partial charge in [-0.25, -0.2) is 0 Å². The predicted octanol–water partition coefficient (Wildman–Crippen LogP) is 5.05. The Labute approximate surface area is 90.8 Å². The molecule has 0 aromatic rings. The molecule has 0 aromatic carbocycles. The highest BCUT2D eigenvalue weighted by Crippen LogP contribution is 2.56. The predicted molar refractivity (Wildman–Crippen MR) is 66.4 cm³/mol. The minimum atomic E-state index is 0.189. The highest BCUT2D eigenvalue weighted by atomic mass is 14.5. The Morgan fingerprint density at radius 1 is 0.857 bits per heavy atom. The molecule has 0 amide bonds. The van der Waals surface area contributed by atoms with E-state index in [1.54, 1.807) is 0 Å². The molecule has 0 fully saturated rings. The van der Waals surface area contributed by atoms with Gasteiger partial charge in [0.05, 0.1) is 0 Å². The fourth-order valence-corrected chi connectivity index (χ4v) is 2.54. The SMILES string of the molecule is C=C(CC)C(C)(C(C)(C)C)C(C)(C)C. The summed E-state index contributed by atoms with van der Waals surface area (Å²) < 4.78 is 0. The van der Waals surface area contributed by atoms with E-state index in [1.165, 1.54) is 5.57 Å². The summed E-state index contributed by atoms with van der Waals surface area (Å²) in [5, 5.41) is 0. The van der Waals surface area contributed by atoms with Crippen molar-refractivity contribution in [3.05, 3.63) is 12.2 Å². The molecule has 0 saturated heterocycles. The van der Waals surface area contributed by atoms with Gasteiger partial charge in [0.15, 0.2) is 0 Å². The average molecular weight is 196 g/mol. The van der Waals surface area contributed by atoms with Gasteiger partial charge in [-0.15, -0.1) is 0 Å². The molecule has 0 spiro atoms. The monoisotopic (exact) mass is 196 g/mol. The second-order valence-corrected chi connectivity index (χ2v) is 6.58. The van der Waals surface area contributed by atoms with Gasteiger partial charge in [-0.1, -0.05) is 67.5 Å². The summed E-state index contributed by atoms with van der Waals surface area (Å²) in [6.45, 7) is 22.8. The molecule has 84 valence electrons. The first-order chi connectivity index (χ1) is 5.98. The van der Waals surface area contributed by atoms with Gasteiger partial charge in [-0.2, -0.15) is 0 Å². The molecule has 0 unspecified atom stereocenters. The van der Waals surface area contributed by atoms with Gasteiger partial charge in [-0.3, -0.25) is 0 Å². The van der Waals surface area contributed by atoms with E-state index >= 15 is 0 Å². The Bertz CT molecular complexity index is 193. The van der Waals surface area contributed by atoms with Crippen LogP contribution in [0.2, 0.25) is 0 Å². The maximum absolute atomic E-state index is 4.28. The molecule has 0 aliphatic carbocycles. The number of hydrogen-bond acceptors (Lipinski definition) is 0. The molecule has 0 atom stereocenters. The number of hydrogen-bond donors (Lipinski definition) is 0. The van der Waals surface area contributed by atoms with Crippen LogP contribution < -0.4 is 0 Å². The third kappa shape index (κ3) is 2.04. The Kier molecular flexibility index (Phi) is 3.65. The maximum Gasteiger partial charge on any atom is -0.00222 e. The van der Waals surface area contributed by atoms with E-state index in [-0.39, 0.29) is 16.2 Å². The molecule has 0 N–H and O–H groups in total. The smallest absolute Gasteiger partial charge is 0.00222 e. The lowest BCUT2D eigenvalue weighted by Crippen LogP contribution is -2.45. The fourth-order valence-electron chi connectivity index (χ4n) is 2.54. The highest BCUT2D eigenvalue weighted by Gasteiger charge is 2.47. The zero-order valence-electron chi connectivity index (χ0n) is 11.4.